The smallest absolute Gasteiger partial charge is 0.256 e. The topological polar surface area (TPSA) is 67.6 Å². The van der Waals surface area contributed by atoms with E-state index >= 15 is 0 Å². The molecule has 0 radical (unpaired) electrons. The number of carbonyl (C=O) groups excluding carboxylic acids is 1. The van der Waals surface area contributed by atoms with Crippen LogP contribution in [0.15, 0.2) is 36.7 Å². The zero-order valence-electron chi connectivity index (χ0n) is 15.8. The van der Waals surface area contributed by atoms with E-state index in [4.69, 9.17) is 4.74 Å². The molecule has 1 atom stereocenters. The number of methoxy groups -OCH3 is 1. The van der Waals surface area contributed by atoms with E-state index in [1.165, 1.54) is 12.8 Å². The van der Waals surface area contributed by atoms with E-state index < -0.39 is 6.10 Å². The Morgan fingerprint density at radius 1 is 1.22 bits per heavy atom. The van der Waals surface area contributed by atoms with Crippen LogP contribution in [0.3, 0.4) is 0 Å². The lowest BCUT2D eigenvalue weighted by Gasteiger charge is -2.33. The van der Waals surface area contributed by atoms with Gasteiger partial charge in [-0.25, -0.2) is 4.98 Å². The lowest BCUT2D eigenvalue weighted by Crippen LogP contribution is -2.41. The molecule has 27 heavy (non-hydrogen) atoms. The molecule has 1 aliphatic carbocycles. The molecule has 1 N–H and O–H groups in total. The van der Waals surface area contributed by atoms with E-state index in [0.29, 0.717) is 30.3 Å². The second-order valence-corrected chi connectivity index (χ2v) is 7.66. The van der Waals surface area contributed by atoms with Crippen LogP contribution in [0.2, 0.25) is 0 Å². The van der Waals surface area contributed by atoms with E-state index in [1.54, 1.807) is 36.3 Å². The molecule has 1 aromatic heterocycles. The Kier molecular flexibility index (Phi) is 5.16. The van der Waals surface area contributed by atoms with E-state index in [9.17, 15) is 9.90 Å². The average molecular weight is 369 g/mol. The van der Waals surface area contributed by atoms with Gasteiger partial charge in [0.05, 0.1) is 7.11 Å². The molecule has 6 nitrogen and oxygen atoms in total. The van der Waals surface area contributed by atoms with Crippen molar-refractivity contribution in [1.82, 2.24) is 14.5 Å². The number of aromatic nitrogens is 2. The molecule has 4 rings (SSSR count). The Morgan fingerprint density at radius 3 is 2.56 bits per heavy atom. The number of imidazole rings is 1. The minimum absolute atomic E-state index is 0.222. The Labute approximate surface area is 159 Å². The van der Waals surface area contributed by atoms with Crippen LogP contribution >= 0.6 is 0 Å². The van der Waals surface area contributed by atoms with Gasteiger partial charge in [-0.15, -0.1) is 0 Å². The first-order valence-corrected chi connectivity index (χ1v) is 9.77. The van der Waals surface area contributed by atoms with Gasteiger partial charge < -0.3 is 19.3 Å². The number of benzene rings is 1. The molecule has 1 unspecified atom stereocenters. The van der Waals surface area contributed by atoms with Crippen molar-refractivity contribution < 1.29 is 14.6 Å². The van der Waals surface area contributed by atoms with Crippen molar-refractivity contribution >= 4 is 5.91 Å². The van der Waals surface area contributed by atoms with Gasteiger partial charge in [0.2, 0.25) is 0 Å². The van der Waals surface area contributed by atoms with Crippen LogP contribution in [0, 0.1) is 5.92 Å². The first kappa shape index (κ1) is 18.0. The van der Waals surface area contributed by atoms with Gasteiger partial charge in [0.25, 0.3) is 5.91 Å². The summed E-state index contributed by atoms with van der Waals surface area (Å²) >= 11 is 0. The van der Waals surface area contributed by atoms with Gasteiger partial charge in [0.15, 0.2) is 6.10 Å². The second kappa shape index (κ2) is 7.72. The summed E-state index contributed by atoms with van der Waals surface area (Å²) in [6.07, 6.45) is 7.29. The van der Waals surface area contributed by atoms with Gasteiger partial charge in [-0.2, -0.15) is 0 Å². The highest BCUT2D eigenvalue weighted by molar-refractivity contribution is 5.82. The van der Waals surface area contributed by atoms with Crippen molar-refractivity contribution in [3.8, 4) is 5.75 Å². The molecule has 1 amide bonds. The number of hydrogen-bond acceptors (Lipinski definition) is 4. The van der Waals surface area contributed by atoms with Crippen molar-refractivity contribution in [2.24, 2.45) is 5.92 Å². The summed E-state index contributed by atoms with van der Waals surface area (Å²) in [7, 11) is 1.59. The molecule has 1 aliphatic heterocycles. The summed E-state index contributed by atoms with van der Waals surface area (Å²) in [5, 5.41) is 10.5. The Hall–Kier alpha value is -2.34. The van der Waals surface area contributed by atoms with Crippen LogP contribution < -0.4 is 4.74 Å². The average Bonchev–Trinajstić information content (AvgIpc) is 3.42. The largest absolute Gasteiger partial charge is 0.497 e. The number of carbonyl (C=O) groups is 1. The SMILES string of the molecule is COc1ccc(C(O)C(=O)N2CCC(c3nccn3CC3CC3)CC2)cc1. The van der Waals surface area contributed by atoms with E-state index in [-0.39, 0.29) is 5.91 Å². The Bertz CT molecular complexity index is 774. The number of likely N-dealkylation sites (tertiary alicyclic amines) is 1. The van der Waals surface area contributed by atoms with Crippen LogP contribution in [0.5, 0.6) is 5.75 Å². The van der Waals surface area contributed by atoms with Crippen LogP contribution in [-0.4, -0.2) is 45.7 Å². The minimum Gasteiger partial charge on any atom is -0.497 e. The van der Waals surface area contributed by atoms with E-state index in [0.717, 1.165) is 31.1 Å². The van der Waals surface area contributed by atoms with Crippen LogP contribution in [-0.2, 0) is 11.3 Å². The molecule has 1 aromatic carbocycles. The van der Waals surface area contributed by atoms with Crippen molar-refractivity contribution in [2.45, 2.75) is 44.2 Å². The molecular weight excluding hydrogens is 342 g/mol. The van der Waals surface area contributed by atoms with Crippen LogP contribution in [0.1, 0.15) is 49.1 Å². The summed E-state index contributed by atoms with van der Waals surface area (Å²) in [6.45, 7) is 2.39. The molecule has 2 aromatic rings. The minimum atomic E-state index is -1.12. The summed E-state index contributed by atoms with van der Waals surface area (Å²) < 4.78 is 7.42. The van der Waals surface area contributed by atoms with Gasteiger partial charge in [-0.1, -0.05) is 12.1 Å². The first-order chi connectivity index (χ1) is 13.2. The standard InChI is InChI=1S/C21H27N3O3/c1-27-18-6-4-16(5-7-18)19(25)21(26)23-11-8-17(9-12-23)20-22-10-13-24(20)14-15-2-3-15/h4-7,10,13,15,17,19,25H,2-3,8-9,11-12,14H2,1H3. The Morgan fingerprint density at radius 2 is 1.93 bits per heavy atom. The highest BCUT2D eigenvalue weighted by Crippen LogP contribution is 2.33. The fraction of sp³-hybridized carbons (Fsp3) is 0.524. The molecule has 6 heteroatoms. The number of aliphatic hydroxyl groups excluding tert-OH is 1. The van der Waals surface area contributed by atoms with Gasteiger partial charge >= 0.3 is 0 Å². The van der Waals surface area contributed by atoms with Crippen molar-refractivity contribution in [2.75, 3.05) is 20.2 Å². The molecule has 0 spiro atoms. The maximum absolute atomic E-state index is 12.7. The third-order valence-electron chi connectivity index (χ3n) is 5.74. The monoisotopic (exact) mass is 369 g/mol. The number of piperidine rings is 1. The van der Waals surface area contributed by atoms with Crippen LogP contribution in [0.25, 0.3) is 0 Å². The summed E-state index contributed by atoms with van der Waals surface area (Å²) in [5.74, 6) is 2.85. The molecule has 1 saturated heterocycles. The van der Waals surface area contributed by atoms with Gasteiger partial charge in [-0.3, -0.25) is 4.79 Å². The summed E-state index contributed by atoms with van der Waals surface area (Å²) in [6, 6.07) is 7.00. The lowest BCUT2D eigenvalue weighted by molar-refractivity contribution is -0.141. The van der Waals surface area contributed by atoms with Crippen LogP contribution in [0.4, 0.5) is 0 Å². The zero-order valence-corrected chi connectivity index (χ0v) is 15.8. The van der Waals surface area contributed by atoms with E-state index in [2.05, 4.69) is 15.7 Å². The fourth-order valence-corrected chi connectivity index (χ4v) is 3.87. The zero-order chi connectivity index (χ0) is 18.8. The number of aliphatic hydroxyl groups is 1. The highest BCUT2D eigenvalue weighted by Gasteiger charge is 2.31. The third kappa shape index (κ3) is 4.00. The van der Waals surface area contributed by atoms with Gasteiger partial charge in [0, 0.05) is 37.9 Å². The summed E-state index contributed by atoms with van der Waals surface area (Å²) in [5.41, 5.74) is 0.600. The molecule has 2 heterocycles. The number of amides is 1. The van der Waals surface area contributed by atoms with Crippen molar-refractivity contribution in [3.05, 3.63) is 48.0 Å². The summed E-state index contributed by atoms with van der Waals surface area (Å²) in [4.78, 5) is 19.1. The second-order valence-electron chi connectivity index (χ2n) is 7.66. The molecule has 1 saturated carbocycles. The molecular formula is C21H27N3O3. The van der Waals surface area contributed by atoms with Gasteiger partial charge in [-0.05, 0) is 49.3 Å². The maximum atomic E-state index is 12.7. The third-order valence-corrected chi connectivity index (χ3v) is 5.74. The predicted molar refractivity (Wildman–Crippen MR) is 101 cm³/mol. The predicted octanol–water partition coefficient (Wildman–Crippen LogP) is 2.74. The number of nitrogens with zero attached hydrogens (tertiary/aromatic N) is 3. The molecule has 0 bridgehead atoms. The van der Waals surface area contributed by atoms with Crippen molar-refractivity contribution in [3.63, 3.8) is 0 Å². The highest BCUT2D eigenvalue weighted by atomic mass is 16.5. The maximum Gasteiger partial charge on any atom is 0.256 e. The molecule has 144 valence electrons. The number of hydrogen-bond donors (Lipinski definition) is 1. The Balaban J connectivity index is 1.35. The van der Waals surface area contributed by atoms with Crippen molar-refractivity contribution in [1.29, 1.82) is 0 Å². The first-order valence-electron chi connectivity index (χ1n) is 9.77. The number of rotatable bonds is 6. The van der Waals surface area contributed by atoms with E-state index in [1.807, 2.05) is 6.20 Å². The normalized spacial score (nSPS) is 19.1. The number of ether oxygens (including phenoxy) is 1. The fourth-order valence-electron chi connectivity index (χ4n) is 3.87. The van der Waals surface area contributed by atoms with Gasteiger partial charge in [0.1, 0.15) is 11.6 Å². The lowest BCUT2D eigenvalue weighted by atomic mass is 9.95. The molecule has 2 fully saturated rings. The quantitative estimate of drug-likeness (QED) is 0.850. The molecule has 2 aliphatic rings.